The maximum atomic E-state index is 4.51. The summed E-state index contributed by atoms with van der Waals surface area (Å²) in [6, 6.07) is 0.435. The molecule has 11 heavy (non-hydrogen) atoms. The molecule has 2 nitrogen and oxygen atoms in total. The molecule has 2 heteroatoms. The van der Waals surface area contributed by atoms with Gasteiger partial charge in [0.1, 0.15) is 0 Å². The summed E-state index contributed by atoms with van der Waals surface area (Å²) in [5.41, 5.74) is 1.30. The van der Waals surface area contributed by atoms with Crippen LogP contribution in [0.1, 0.15) is 20.3 Å². The van der Waals surface area contributed by atoms with Gasteiger partial charge >= 0.3 is 0 Å². The van der Waals surface area contributed by atoms with Crippen LogP contribution in [0.3, 0.4) is 0 Å². The molecule has 0 saturated carbocycles. The van der Waals surface area contributed by atoms with Gasteiger partial charge in [0.2, 0.25) is 0 Å². The van der Waals surface area contributed by atoms with Crippen molar-refractivity contribution in [3.05, 3.63) is 12.3 Å². The lowest BCUT2D eigenvalue weighted by Crippen LogP contribution is -2.24. The largest absolute Gasteiger partial charge is 0.375 e. The summed E-state index contributed by atoms with van der Waals surface area (Å²) in [4.78, 5) is 6.67. The molecule has 1 aliphatic heterocycles. The number of hydrogen-bond acceptors (Lipinski definition) is 2. The molecule has 0 bridgehead atoms. The fourth-order valence-electron chi connectivity index (χ4n) is 1.23. The molecule has 0 aromatic carbocycles. The van der Waals surface area contributed by atoms with E-state index >= 15 is 0 Å². The molecule has 1 rings (SSSR count). The Morgan fingerprint density at radius 2 is 2.27 bits per heavy atom. The summed E-state index contributed by atoms with van der Waals surface area (Å²) in [6.45, 7) is 5.23. The van der Waals surface area contributed by atoms with Crippen LogP contribution < -0.4 is 0 Å². The predicted octanol–water partition coefficient (Wildman–Crippen LogP) is 1.69. The highest BCUT2D eigenvalue weighted by atomic mass is 15.1. The smallest absolute Gasteiger partial charge is 0.0552 e. The van der Waals surface area contributed by atoms with Gasteiger partial charge in [0.15, 0.2) is 0 Å². The van der Waals surface area contributed by atoms with Crippen LogP contribution in [0.5, 0.6) is 0 Å². The van der Waals surface area contributed by atoms with E-state index in [9.17, 15) is 0 Å². The Bertz CT molecular complexity index is 180. The summed E-state index contributed by atoms with van der Waals surface area (Å²) in [5.74, 6) is 0. The number of aliphatic imine (C=N–C) groups is 1. The van der Waals surface area contributed by atoms with Crippen LogP contribution >= 0.6 is 0 Å². The molecule has 0 radical (unpaired) electrons. The van der Waals surface area contributed by atoms with Crippen molar-refractivity contribution in [3.8, 4) is 0 Å². The Morgan fingerprint density at radius 1 is 1.55 bits per heavy atom. The molecule has 62 valence electrons. The SMILES string of the molecule is CC(C)N=C1CC=CN(C)C1. The number of hydrogen-bond donors (Lipinski definition) is 0. The first kappa shape index (κ1) is 8.31. The van der Waals surface area contributed by atoms with E-state index < -0.39 is 0 Å². The van der Waals surface area contributed by atoms with E-state index in [2.05, 4.69) is 43.1 Å². The average molecular weight is 152 g/mol. The molecule has 0 atom stereocenters. The Balaban J connectivity index is 2.56. The van der Waals surface area contributed by atoms with Crippen molar-refractivity contribution < 1.29 is 0 Å². The normalized spacial score (nSPS) is 21.8. The zero-order chi connectivity index (χ0) is 8.27. The van der Waals surface area contributed by atoms with Gasteiger partial charge in [0, 0.05) is 25.2 Å². The standard InChI is InChI=1S/C9H16N2/c1-8(2)10-9-5-4-6-11(3)7-9/h4,6,8H,5,7H2,1-3H3. The molecule has 0 aromatic heterocycles. The monoisotopic (exact) mass is 152 g/mol. The lowest BCUT2D eigenvalue weighted by atomic mass is 10.2. The summed E-state index contributed by atoms with van der Waals surface area (Å²) in [5, 5.41) is 0. The minimum absolute atomic E-state index is 0.435. The Kier molecular flexibility index (Phi) is 2.69. The lowest BCUT2D eigenvalue weighted by Gasteiger charge is -2.19. The zero-order valence-corrected chi connectivity index (χ0v) is 7.54. The van der Waals surface area contributed by atoms with E-state index in [1.165, 1.54) is 5.71 Å². The first-order valence-corrected chi connectivity index (χ1v) is 4.11. The Labute approximate surface area is 68.6 Å². The number of rotatable bonds is 1. The predicted molar refractivity (Wildman–Crippen MR) is 49.0 cm³/mol. The molecule has 0 fully saturated rings. The molecule has 0 unspecified atom stereocenters. The van der Waals surface area contributed by atoms with Gasteiger partial charge in [0.25, 0.3) is 0 Å². The van der Waals surface area contributed by atoms with Crippen molar-refractivity contribution >= 4 is 5.71 Å². The van der Waals surface area contributed by atoms with E-state index in [4.69, 9.17) is 0 Å². The number of allylic oxidation sites excluding steroid dienone is 1. The van der Waals surface area contributed by atoms with Crippen LogP contribution in [0, 0.1) is 0 Å². The number of nitrogens with zero attached hydrogens (tertiary/aromatic N) is 2. The van der Waals surface area contributed by atoms with Crippen LogP contribution in [-0.4, -0.2) is 30.2 Å². The molecule has 1 heterocycles. The van der Waals surface area contributed by atoms with Gasteiger partial charge in [-0.3, -0.25) is 4.99 Å². The summed E-state index contributed by atoms with van der Waals surface area (Å²) < 4.78 is 0. The topological polar surface area (TPSA) is 15.6 Å². The third-order valence-corrected chi connectivity index (χ3v) is 1.59. The highest BCUT2D eigenvalue weighted by molar-refractivity contribution is 5.88. The molecule has 0 amide bonds. The van der Waals surface area contributed by atoms with Crippen LogP contribution in [0.4, 0.5) is 0 Å². The second kappa shape index (κ2) is 3.56. The third kappa shape index (κ3) is 2.74. The highest BCUT2D eigenvalue weighted by Crippen LogP contribution is 2.03. The third-order valence-electron chi connectivity index (χ3n) is 1.59. The first-order valence-electron chi connectivity index (χ1n) is 4.11. The summed E-state index contributed by atoms with van der Waals surface area (Å²) in [7, 11) is 2.07. The van der Waals surface area contributed by atoms with Gasteiger partial charge in [-0.1, -0.05) is 6.08 Å². The molecular formula is C9H16N2. The van der Waals surface area contributed by atoms with E-state index in [1.807, 2.05) is 0 Å². The van der Waals surface area contributed by atoms with E-state index in [0.717, 1.165) is 13.0 Å². The molecule has 1 aliphatic rings. The minimum atomic E-state index is 0.435. The second-order valence-electron chi connectivity index (χ2n) is 3.29. The van der Waals surface area contributed by atoms with Crippen molar-refractivity contribution in [3.63, 3.8) is 0 Å². The molecule has 0 spiro atoms. The highest BCUT2D eigenvalue weighted by Gasteiger charge is 2.05. The molecular weight excluding hydrogens is 136 g/mol. The Morgan fingerprint density at radius 3 is 2.82 bits per heavy atom. The van der Waals surface area contributed by atoms with Crippen LogP contribution in [-0.2, 0) is 0 Å². The van der Waals surface area contributed by atoms with Gasteiger partial charge < -0.3 is 4.90 Å². The minimum Gasteiger partial charge on any atom is -0.375 e. The maximum Gasteiger partial charge on any atom is 0.0552 e. The summed E-state index contributed by atoms with van der Waals surface area (Å²) in [6.07, 6.45) is 5.30. The van der Waals surface area contributed by atoms with Gasteiger partial charge in [-0.05, 0) is 20.0 Å². The molecule has 0 saturated heterocycles. The fourth-order valence-corrected chi connectivity index (χ4v) is 1.23. The van der Waals surface area contributed by atoms with Gasteiger partial charge in [-0.2, -0.15) is 0 Å². The summed E-state index contributed by atoms with van der Waals surface area (Å²) >= 11 is 0. The fraction of sp³-hybridized carbons (Fsp3) is 0.667. The molecule has 0 N–H and O–H groups in total. The van der Waals surface area contributed by atoms with Crippen molar-refractivity contribution in [2.24, 2.45) is 4.99 Å². The van der Waals surface area contributed by atoms with E-state index in [1.54, 1.807) is 0 Å². The average Bonchev–Trinajstić information content (AvgIpc) is 1.85. The first-order chi connectivity index (χ1) is 5.18. The Hall–Kier alpha value is -0.790. The van der Waals surface area contributed by atoms with Crippen LogP contribution in [0.25, 0.3) is 0 Å². The molecule has 0 aromatic rings. The van der Waals surface area contributed by atoms with Crippen LogP contribution in [0.15, 0.2) is 17.3 Å². The van der Waals surface area contributed by atoms with Gasteiger partial charge in [-0.25, -0.2) is 0 Å². The lowest BCUT2D eigenvalue weighted by molar-refractivity contribution is 0.510. The van der Waals surface area contributed by atoms with Crippen molar-refractivity contribution in [2.75, 3.05) is 13.6 Å². The van der Waals surface area contributed by atoms with Crippen LogP contribution in [0.2, 0.25) is 0 Å². The second-order valence-corrected chi connectivity index (χ2v) is 3.29. The zero-order valence-electron chi connectivity index (χ0n) is 7.54. The van der Waals surface area contributed by atoms with Crippen molar-refractivity contribution in [1.29, 1.82) is 0 Å². The quantitative estimate of drug-likeness (QED) is 0.558. The van der Waals surface area contributed by atoms with E-state index in [-0.39, 0.29) is 0 Å². The van der Waals surface area contributed by atoms with Gasteiger partial charge in [-0.15, -0.1) is 0 Å². The van der Waals surface area contributed by atoms with Crippen molar-refractivity contribution in [2.45, 2.75) is 26.3 Å². The molecule has 0 aliphatic carbocycles. The van der Waals surface area contributed by atoms with Gasteiger partial charge in [0.05, 0.1) is 6.54 Å². The van der Waals surface area contributed by atoms with E-state index in [0.29, 0.717) is 6.04 Å². The van der Waals surface area contributed by atoms with Crippen molar-refractivity contribution in [1.82, 2.24) is 4.90 Å². The maximum absolute atomic E-state index is 4.51.